The third-order valence-electron chi connectivity index (χ3n) is 2.95. The second kappa shape index (κ2) is 5.65. The van der Waals surface area contributed by atoms with Crippen LogP contribution in [0.3, 0.4) is 0 Å². The highest BCUT2D eigenvalue weighted by Gasteiger charge is 2.11. The maximum Gasteiger partial charge on any atom is 0.0963 e. The fourth-order valence-corrected chi connectivity index (χ4v) is 2.01. The van der Waals surface area contributed by atoms with E-state index in [0.717, 1.165) is 29.9 Å². The molecule has 1 unspecified atom stereocenters. The van der Waals surface area contributed by atoms with Gasteiger partial charge in [0.1, 0.15) is 0 Å². The third-order valence-corrected chi connectivity index (χ3v) is 4.07. The summed E-state index contributed by atoms with van der Waals surface area (Å²) >= 11 is 3.58. The van der Waals surface area contributed by atoms with E-state index < -0.39 is 0 Å². The summed E-state index contributed by atoms with van der Waals surface area (Å²) in [5, 5.41) is 12.8. The second-order valence-electron chi connectivity index (χ2n) is 4.32. The molecule has 0 bridgehead atoms. The highest BCUT2D eigenvalue weighted by Crippen LogP contribution is 2.23. The summed E-state index contributed by atoms with van der Waals surface area (Å²) in [7, 11) is 1.96. The summed E-state index contributed by atoms with van der Waals surface area (Å²) in [5.41, 5.74) is 3.24. The fourth-order valence-electron chi connectivity index (χ4n) is 1.80. The molecule has 0 spiro atoms. The molecule has 18 heavy (non-hydrogen) atoms. The van der Waals surface area contributed by atoms with Crippen molar-refractivity contribution in [3.63, 3.8) is 0 Å². The maximum atomic E-state index is 4.43. The SMILES string of the molecule is CCc1cc(Cn2cc(C(Br)CC)nn2)n(C)n1. The number of rotatable bonds is 5. The van der Waals surface area contributed by atoms with Crippen molar-refractivity contribution in [3.8, 4) is 0 Å². The standard InChI is InChI=1S/C12H18BrN5/c1-4-9-6-10(17(3)15-9)7-18-8-12(14-16-18)11(13)5-2/h6,8,11H,4-5,7H2,1-3H3. The minimum atomic E-state index is 0.281. The van der Waals surface area contributed by atoms with Gasteiger partial charge < -0.3 is 0 Å². The molecule has 0 aliphatic rings. The van der Waals surface area contributed by atoms with Crippen LogP contribution in [0.2, 0.25) is 0 Å². The largest absolute Gasteiger partial charge is 0.270 e. The number of hydrogen-bond donors (Lipinski definition) is 0. The number of halogens is 1. The zero-order valence-electron chi connectivity index (χ0n) is 11.0. The molecule has 98 valence electrons. The lowest BCUT2D eigenvalue weighted by Gasteiger charge is -2.01. The molecule has 2 aromatic heterocycles. The predicted octanol–water partition coefficient (Wildman–Crippen LogP) is 2.47. The molecule has 2 aromatic rings. The Morgan fingerprint density at radius 3 is 2.78 bits per heavy atom. The molecule has 6 heteroatoms. The van der Waals surface area contributed by atoms with Crippen LogP contribution < -0.4 is 0 Å². The van der Waals surface area contributed by atoms with Crippen LogP contribution in [0.5, 0.6) is 0 Å². The first-order valence-corrected chi connectivity index (χ1v) is 7.11. The van der Waals surface area contributed by atoms with E-state index in [-0.39, 0.29) is 4.83 Å². The molecule has 0 N–H and O–H groups in total. The lowest BCUT2D eigenvalue weighted by molar-refractivity contribution is 0.598. The molecule has 0 aromatic carbocycles. The van der Waals surface area contributed by atoms with Gasteiger partial charge in [0.05, 0.1) is 34.7 Å². The van der Waals surface area contributed by atoms with Crippen molar-refractivity contribution in [2.24, 2.45) is 7.05 Å². The van der Waals surface area contributed by atoms with Crippen LogP contribution in [-0.2, 0) is 20.0 Å². The number of alkyl halides is 1. The van der Waals surface area contributed by atoms with Crippen molar-refractivity contribution in [2.75, 3.05) is 0 Å². The highest BCUT2D eigenvalue weighted by atomic mass is 79.9. The first-order chi connectivity index (χ1) is 8.63. The molecule has 2 heterocycles. The smallest absolute Gasteiger partial charge is 0.0963 e. The van der Waals surface area contributed by atoms with E-state index in [9.17, 15) is 0 Å². The average molecular weight is 312 g/mol. The molecule has 0 amide bonds. The van der Waals surface area contributed by atoms with Crippen molar-refractivity contribution >= 4 is 15.9 Å². The van der Waals surface area contributed by atoms with Crippen molar-refractivity contribution in [3.05, 3.63) is 29.3 Å². The van der Waals surface area contributed by atoms with Gasteiger partial charge in [0.2, 0.25) is 0 Å². The minimum Gasteiger partial charge on any atom is -0.270 e. The van der Waals surface area contributed by atoms with Crippen molar-refractivity contribution in [1.82, 2.24) is 24.8 Å². The van der Waals surface area contributed by atoms with Crippen LogP contribution in [0.4, 0.5) is 0 Å². The van der Waals surface area contributed by atoms with Crippen LogP contribution in [0.25, 0.3) is 0 Å². The van der Waals surface area contributed by atoms with Gasteiger partial charge in [-0.05, 0) is 18.9 Å². The van der Waals surface area contributed by atoms with E-state index >= 15 is 0 Å². The zero-order valence-corrected chi connectivity index (χ0v) is 12.6. The highest BCUT2D eigenvalue weighted by molar-refractivity contribution is 9.09. The summed E-state index contributed by atoms with van der Waals surface area (Å²) in [4.78, 5) is 0.281. The minimum absolute atomic E-state index is 0.281. The predicted molar refractivity (Wildman–Crippen MR) is 73.7 cm³/mol. The molecule has 1 atom stereocenters. The fraction of sp³-hybridized carbons (Fsp3) is 0.583. The lowest BCUT2D eigenvalue weighted by Crippen LogP contribution is -2.06. The summed E-state index contributed by atoms with van der Waals surface area (Å²) < 4.78 is 3.77. The van der Waals surface area contributed by atoms with E-state index in [0.29, 0.717) is 6.54 Å². The Bertz CT molecular complexity index is 516. The van der Waals surface area contributed by atoms with E-state index in [1.807, 2.05) is 22.6 Å². The maximum absolute atomic E-state index is 4.43. The number of aromatic nitrogens is 5. The zero-order chi connectivity index (χ0) is 13.1. The van der Waals surface area contributed by atoms with E-state index in [1.54, 1.807) is 0 Å². The first-order valence-electron chi connectivity index (χ1n) is 6.19. The summed E-state index contributed by atoms with van der Waals surface area (Å²) in [5.74, 6) is 0. The number of hydrogen-bond acceptors (Lipinski definition) is 3. The van der Waals surface area contributed by atoms with Gasteiger partial charge in [0.25, 0.3) is 0 Å². The van der Waals surface area contributed by atoms with Crippen molar-refractivity contribution < 1.29 is 0 Å². The normalized spacial score (nSPS) is 12.9. The average Bonchev–Trinajstić information content (AvgIpc) is 2.97. The number of aryl methyl sites for hydroxylation is 2. The Kier molecular flexibility index (Phi) is 4.16. The molecule has 0 radical (unpaired) electrons. The Balaban J connectivity index is 2.13. The summed E-state index contributed by atoms with van der Waals surface area (Å²) in [6.45, 7) is 4.93. The first kappa shape index (κ1) is 13.3. The Labute approximate surface area is 115 Å². The van der Waals surface area contributed by atoms with Gasteiger partial charge in [-0.2, -0.15) is 5.10 Å². The second-order valence-corrected chi connectivity index (χ2v) is 5.43. The Morgan fingerprint density at radius 1 is 1.39 bits per heavy atom. The van der Waals surface area contributed by atoms with Crippen LogP contribution in [0.15, 0.2) is 12.3 Å². The topological polar surface area (TPSA) is 48.5 Å². The van der Waals surface area contributed by atoms with Gasteiger partial charge in [-0.25, -0.2) is 4.68 Å². The molecule has 0 aliphatic carbocycles. The molecule has 0 saturated carbocycles. The molecule has 0 saturated heterocycles. The molecule has 0 aliphatic heterocycles. The van der Waals surface area contributed by atoms with E-state index in [2.05, 4.69) is 51.3 Å². The van der Waals surface area contributed by atoms with E-state index in [4.69, 9.17) is 0 Å². The Hall–Kier alpha value is -1.17. The molecule has 5 nitrogen and oxygen atoms in total. The van der Waals surface area contributed by atoms with Crippen molar-refractivity contribution in [1.29, 1.82) is 0 Å². The quantitative estimate of drug-likeness (QED) is 0.797. The summed E-state index contributed by atoms with van der Waals surface area (Å²) in [6.07, 6.45) is 3.95. The molecule has 0 fully saturated rings. The van der Waals surface area contributed by atoms with E-state index in [1.165, 1.54) is 0 Å². The van der Waals surface area contributed by atoms with Gasteiger partial charge in [0.15, 0.2) is 0 Å². The van der Waals surface area contributed by atoms with Crippen LogP contribution in [0.1, 0.15) is 42.2 Å². The molecule has 2 rings (SSSR count). The van der Waals surface area contributed by atoms with Crippen LogP contribution in [0, 0.1) is 0 Å². The van der Waals surface area contributed by atoms with Gasteiger partial charge >= 0.3 is 0 Å². The monoisotopic (exact) mass is 311 g/mol. The third kappa shape index (κ3) is 2.80. The Morgan fingerprint density at radius 2 is 2.17 bits per heavy atom. The van der Waals surface area contributed by atoms with Gasteiger partial charge in [-0.3, -0.25) is 4.68 Å². The van der Waals surface area contributed by atoms with Gasteiger partial charge in [-0.15, -0.1) is 5.10 Å². The number of nitrogens with zero attached hydrogens (tertiary/aromatic N) is 5. The van der Waals surface area contributed by atoms with Crippen LogP contribution >= 0.6 is 15.9 Å². The molecular weight excluding hydrogens is 294 g/mol. The van der Waals surface area contributed by atoms with Crippen LogP contribution in [-0.4, -0.2) is 24.8 Å². The van der Waals surface area contributed by atoms with Crippen molar-refractivity contribution in [2.45, 2.75) is 38.1 Å². The summed E-state index contributed by atoms with van der Waals surface area (Å²) in [6, 6.07) is 2.12. The van der Waals surface area contributed by atoms with Gasteiger partial charge in [-0.1, -0.05) is 35.0 Å². The van der Waals surface area contributed by atoms with Gasteiger partial charge in [0, 0.05) is 7.05 Å². The lowest BCUT2D eigenvalue weighted by atomic mass is 10.3. The molecular formula is C12H18BrN5.